The lowest BCUT2D eigenvalue weighted by molar-refractivity contribution is -0.137. The van der Waals surface area contributed by atoms with Crippen molar-refractivity contribution in [3.8, 4) is 5.75 Å². The molecule has 0 aliphatic carbocycles. The quantitative estimate of drug-likeness (QED) is 0.259. The highest BCUT2D eigenvalue weighted by molar-refractivity contribution is 6.31. The zero-order chi connectivity index (χ0) is 22.1. The smallest absolute Gasteiger partial charge is 0.330 e. The van der Waals surface area contributed by atoms with Crippen LogP contribution in [-0.2, 0) is 14.3 Å². The lowest BCUT2D eigenvalue weighted by Crippen LogP contribution is -2.31. The Balaban J connectivity index is 2.51. The van der Waals surface area contributed by atoms with E-state index in [1.54, 1.807) is 43.3 Å². The first-order chi connectivity index (χ1) is 14.4. The first-order valence-electron chi connectivity index (χ1n) is 9.17. The van der Waals surface area contributed by atoms with Crippen LogP contribution >= 0.6 is 11.6 Å². The molecule has 0 fully saturated rings. The van der Waals surface area contributed by atoms with Gasteiger partial charge in [-0.2, -0.15) is 0 Å². The summed E-state index contributed by atoms with van der Waals surface area (Å²) in [5, 5.41) is 0.338. The molecule has 0 saturated heterocycles. The fourth-order valence-electron chi connectivity index (χ4n) is 2.76. The van der Waals surface area contributed by atoms with Crippen LogP contribution in [0, 0.1) is 0 Å². The van der Waals surface area contributed by atoms with Gasteiger partial charge in [0.25, 0.3) is 5.91 Å². The summed E-state index contributed by atoms with van der Waals surface area (Å²) in [7, 11) is 1.47. The molecular formula is C23H22ClNO5. The second kappa shape index (κ2) is 11.0. The Morgan fingerprint density at radius 1 is 1.10 bits per heavy atom. The molecule has 6 nitrogen and oxygen atoms in total. The number of anilines is 1. The van der Waals surface area contributed by atoms with E-state index in [2.05, 4.69) is 6.58 Å². The molecule has 2 aromatic rings. The Bertz CT molecular complexity index is 983. The average Bonchev–Trinajstić information content (AvgIpc) is 2.75. The normalized spacial score (nSPS) is 10.5. The van der Waals surface area contributed by atoms with Crippen molar-refractivity contribution in [1.82, 2.24) is 0 Å². The number of benzene rings is 2. The Morgan fingerprint density at radius 3 is 2.50 bits per heavy atom. The average molecular weight is 428 g/mol. The number of para-hydroxylation sites is 1. The van der Waals surface area contributed by atoms with E-state index in [0.717, 1.165) is 12.2 Å². The SMILES string of the molecule is C=CCN(C(=O)/C=C/C(=O)OCC)c1ccc(Cl)cc1C(=O)c1ccccc1OC. The van der Waals surface area contributed by atoms with Crippen molar-refractivity contribution in [3.05, 3.63) is 83.4 Å². The van der Waals surface area contributed by atoms with Crippen LogP contribution in [0.1, 0.15) is 22.8 Å². The number of halogens is 1. The molecule has 0 bridgehead atoms. The number of amides is 1. The third-order valence-corrected chi connectivity index (χ3v) is 4.31. The van der Waals surface area contributed by atoms with E-state index in [1.807, 2.05) is 0 Å². The first-order valence-corrected chi connectivity index (χ1v) is 9.55. The number of esters is 1. The zero-order valence-corrected chi connectivity index (χ0v) is 17.5. The van der Waals surface area contributed by atoms with E-state index in [-0.39, 0.29) is 24.5 Å². The van der Waals surface area contributed by atoms with Gasteiger partial charge >= 0.3 is 5.97 Å². The van der Waals surface area contributed by atoms with E-state index in [9.17, 15) is 14.4 Å². The number of hydrogen-bond acceptors (Lipinski definition) is 5. The largest absolute Gasteiger partial charge is 0.496 e. The van der Waals surface area contributed by atoms with Crippen molar-refractivity contribution in [1.29, 1.82) is 0 Å². The highest BCUT2D eigenvalue weighted by Crippen LogP contribution is 2.30. The molecule has 0 spiro atoms. The number of ether oxygens (including phenoxy) is 2. The molecule has 0 aromatic heterocycles. The molecule has 156 valence electrons. The van der Waals surface area contributed by atoms with Crippen LogP contribution in [0.5, 0.6) is 5.75 Å². The number of rotatable bonds is 9. The fourth-order valence-corrected chi connectivity index (χ4v) is 2.93. The Morgan fingerprint density at radius 2 is 1.83 bits per heavy atom. The van der Waals surface area contributed by atoms with Crippen molar-refractivity contribution >= 4 is 34.9 Å². The van der Waals surface area contributed by atoms with E-state index in [4.69, 9.17) is 21.1 Å². The van der Waals surface area contributed by atoms with E-state index >= 15 is 0 Å². The predicted molar refractivity (Wildman–Crippen MR) is 116 cm³/mol. The van der Waals surface area contributed by atoms with Crippen molar-refractivity contribution in [2.75, 3.05) is 25.2 Å². The molecule has 0 aliphatic heterocycles. The van der Waals surface area contributed by atoms with Crippen LogP contribution in [0.2, 0.25) is 5.02 Å². The van der Waals surface area contributed by atoms with E-state index < -0.39 is 11.9 Å². The third kappa shape index (κ3) is 5.58. The minimum absolute atomic E-state index is 0.111. The molecule has 0 saturated carbocycles. The highest BCUT2D eigenvalue weighted by atomic mass is 35.5. The molecule has 0 atom stereocenters. The zero-order valence-electron chi connectivity index (χ0n) is 16.8. The summed E-state index contributed by atoms with van der Waals surface area (Å²) in [6.45, 7) is 5.65. The van der Waals surface area contributed by atoms with Gasteiger partial charge in [0.15, 0.2) is 5.78 Å². The number of nitrogens with zero attached hydrogens (tertiary/aromatic N) is 1. The van der Waals surface area contributed by atoms with Gasteiger partial charge in [0.1, 0.15) is 5.75 Å². The second-order valence-electron chi connectivity index (χ2n) is 6.01. The molecule has 30 heavy (non-hydrogen) atoms. The van der Waals surface area contributed by atoms with Gasteiger partial charge in [-0.3, -0.25) is 9.59 Å². The third-order valence-electron chi connectivity index (χ3n) is 4.07. The van der Waals surface area contributed by atoms with Crippen LogP contribution in [0.15, 0.2) is 67.3 Å². The predicted octanol–water partition coefficient (Wildman–Crippen LogP) is 4.22. The standard InChI is InChI=1S/C23H22ClNO5/c1-4-14-25(21(26)12-13-22(27)30-5-2)19-11-10-16(24)15-18(19)23(28)17-8-6-7-9-20(17)29-3/h4,6-13,15H,1,5,14H2,2-3H3/b13-12+. The summed E-state index contributed by atoms with van der Waals surface area (Å²) in [5.74, 6) is -1.11. The van der Waals surface area contributed by atoms with Gasteiger partial charge in [-0.05, 0) is 37.3 Å². The van der Waals surface area contributed by atoms with Gasteiger partial charge in [0.2, 0.25) is 0 Å². The molecule has 0 unspecified atom stereocenters. The minimum atomic E-state index is -0.633. The Kier molecular flexibility index (Phi) is 8.38. The lowest BCUT2D eigenvalue weighted by atomic mass is 10.00. The van der Waals surface area contributed by atoms with E-state index in [1.165, 1.54) is 24.2 Å². The van der Waals surface area contributed by atoms with Gasteiger partial charge in [0, 0.05) is 29.3 Å². The summed E-state index contributed by atoms with van der Waals surface area (Å²) >= 11 is 6.14. The molecule has 0 N–H and O–H groups in total. The summed E-state index contributed by atoms with van der Waals surface area (Å²) < 4.78 is 10.1. The minimum Gasteiger partial charge on any atom is -0.496 e. The number of methoxy groups -OCH3 is 1. The molecule has 2 rings (SSSR count). The molecule has 0 radical (unpaired) electrons. The summed E-state index contributed by atoms with van der Waals surface area (Å²) in [6.07, 6.45) is 3.65. The fraction of sp³-hybridized carbons (Fsp3) is 0.174. The van der Waals surface area contributed by atoms with Crippen LogP contribution in [0.3, 0.4) is 0 Å². The maximum Gasteiger partial charge on any atom is 0.330 e. The monoisotopic (exact) mass is 427 g/mol. The van der Waals surface area contributed by atoms with Gasteiger partial charge in [-0.15, -0.1) is 6.58 Å². The van der Waals surface area contributed by atoms with Crippen molar-refractivity contribution in [3.63, 3.8) is 0 Å². The number of carbonyl (C=O) groups is 3. The summed E-state index contributed by atoms with van der Waals surface area (Å²) in [4.78, 5) is 38.9. The second-order valence-corrected chi connectivity index (χ2v) is 6.45. The number of ketones is 1. The van der Waals surface area contributed by atoms with Crippen molar-refractivity contribution in [2.24, 2.45) is 0 Å². The summed E-state index contributed by atoms with van der Waals surface area (Å²) in [5.41, 5.74) is 0.872. The van der Waals surface area contributed by atoms with Gasteiger partial charge in [-0.25, -0.2) is 4.79 Å². The van der Waals surface area contributed by atoms with Crippen LogP contribution in [-0.4, -0.2) is 37.9 Å². The Hall–Kier alpha value is -3.38. The van der Waals surface area contributed by atoms with Gasteiger partial charge in [-0.1, -0.05) is 29.8 Å². The van der Waals surface area contributed by atoms with Crippen molar-refractivity contribution < 1.29 is 23.9 Å². The first kappa shape index (κ1) is 22.9. The van der Waals surface area contributed by atoms with Crippen LogP contribution < -0.4 is 9.64 Å². The number of hydrogen-bond donors (Lipinski definition) is 0. The van der Waals surface area contributed by atoms with Crippen LogP contribution in [0.25, 0.3) is 0 Å². The molecular weight excluding hydrogens is 406 g/mol. The molecule has 0 aliphatic rings. The highest BCUT2D eigenvalue weighted by Gasteiger charge is 2.23. The Labute approximate surface area is 180 Å². The van der Waals surface area contributed by atoms with Gasteiger partial charge in [0.05, 0.1) is 25.0 Å². The van der Waals surface area contributed by atoms with E-state index in [0.29, 0.717) is 22.0 Å². The molecule has 1 amide bonds. The summed E-state index contributed by atoms with van der Waals surface area (Å²) in [6, 6.07) is 11.4. The van der Waals surface area contributed by atoms with Crippen molar-refractivity contribution in [2.45, 2.75) is 6.92 Å². The topological polar surface area (TPSA) is 72.9 Å². The number of carbonyl (C=O) groups excluding carboxylic acids is 3. The molecule has 0 heterocycles. The lowest BCUT2D eigenvalue weighted by Gasteiger charge is -2.23. The maximum atomic E-state index is 13.3. The van der Waals surface area contributed by atoms with Gasteiger partial charge < -0.3 is 14.4 Å². The molecule has 7 heteroatoms. The maximum absolute atomic E-state index is 13.3. The van der Waals surface area contributed by atoms with Crippen LogP contribution in [0.4, 0.5) is 5.69 Å². The molecule has 2 aromatic carbocycles.